The largest absolute Gasteiger partial charge is 0.377 e. The van der Waals surface area contributed by atoms with Gasteiger partial charge in [-0.05, 0) is 37.5 Å². The van der Waals surface area contributed by atoms with Gasteiger partial charge in [0, 0.05) is 38.1 Å². The van der Waals surface area contributed by atoms with Gasteiger partial charge < -0.3 is 9.26 Å². The molecule has 2 saturated carbocycles. The molecule has 2 atom stereocenters. The van der Waals surface area contributed by atoms with E-state index in [9.17, 15) is 0 Å². The molecule has 1 saturated heterocycles. The van der Waals surface area contributed by atoms with Crippen LogP contribution in [0.3, 0.4) is 0 Å². The average Bonchev–Trinajstić information content (AvgIpc) is 3.51. The molecule has 2 aromatic heterocycles. The molecule has 1 N–H and O–H groups in total. The van der Waals surface area contributed by atoms with E-state index >= 15 is 0 Å². The maximum Gasteiger partial charge on any atom is 0.155 e. The van der Waals surface area contributed by atoms with E-state index in [1.807, 2.05) is 0 Å². The molecule has 5 rings (SSSR count). The standard InChI is InChI=1S/C18H25N5O2/c1-24-10-17-19-18(21-20-17)15-9-23(8-14(15)11-2-3-11)7-13-6-16(22-25-13)12-4-5-12/h6,11-12,14-15H,2-5,7-10H2,1H3,(H,19,20,21)/t14-,15+/m1/s1. The molecule has 3 aliphatic rings. The number of nitrogens with one attached hydrogen (secondary N) is 1. The second kappa shape index (κ2) is 6.21. The van der Waals surface area contributed by atoms with E-state index in [0.29, 0.717) is 24.4 Å². The molecule has 134 valence electrons. The van der Waals surface area contributed by atoms with Gasteiger partial charge in [-0.25, -0.2) is 4.98 Å². The molecule has 2 aliphatic carbocycles. The Morgan fingerprint density at radius 1 is 1.28 bits per heavy atom. The molecule has 7 nitrogen and oxygen atoms in total. The Labute approximate surface area is 147 Å². The van der Waals surface area contributed by atoms with Crippen LogP contribution >= 0.6 is 0 Å². The number of aromatic nitrogens is 4. The number of rotatable bonds is 7. The lowest BCUT2D eigenvalue weighted by Gasteiger charge is -2.14. The quantitative estimate of drug-likeness (QED) is 0.832. The molecule has 3 heterocycles. The minimum Gasteiger partial charge on any atom is -0.377 e. The highest BCUT2D eigenvalue weighted by molar-refractivity contribution is 5.16. The maximum atomic E-state index is 5.57. The molecular weight excluding hydrogens is 318 g/mol. The topological polar surface area (TPSA) is 80.1 Å². The van der Waals surface area contributed by atoms with Crippen molar-refractivity contribution in [2.75, 3.05) is 20.2 Å². The van der Waals surface area contributed by atoms with Crippen LogP contribution in [-0.4, -0.2) is 45.4 Å². The van der Waals surface area contributed by atoms with Crippen LogP contribution in [0.15, 0.2) is 10.6 Å². The van der Waals surface area contributed by atoms with E-state index in [1.165, 1.54) is 25.7 Å². The van der Waals surface area contributed by atoms with E-state index < -0.39 is 0 Å². The molecule has 1 aliphatic heterocycles. The number of H-pyrrole nitrogens is 1. The zero-order valence-corrected chi connectivity index (χ0v) is 14.6. The smallest absolute Gasteiger partial charge is 0.155 e. The summed E-state index contributed by atoms with van der Waals surface area (Å²) in [6.45, 7) is 3.42. The van der Waals surface area contributed by atoms with Gasteiger partial charge in [-0.3, -0.25) is 10.00 Å². The van der Waals surface area contributed by atoms with Crippen LogP contribution in [0, 0.1) is 11.8 Å². The van der Waals surface area contributed by atoms with Gasteiger partial charge in [0.25, 0.3) is 0 Å². The van der Waals surface area contributed by atoms with Crippen molar-refractivity contribution in [3.05, 3.63) is 29.2 Å². The van der Waals surface area contributed by atoms with Crippen LogP contribution in [0.2, 0.25) is 0 Å². The van der Waals surface area contributed by atoms with Crippen molar-refractivity contribution in [2.24, 2.45) is 11.8 Å². The molecule has 3 fully saturated rings. The third-order valence-corrected chi connectivity index (χ3v) is 5.78. The number of ether oxygens (including phenoxy) is 1. The molecule has 0 aromatic carbocycles. The second-order valence-corrected chi connectivity index (χ2v) is 7.87. The summed E-state index contributed by atoms with van der Waals surface area (Å²) in [4.78, 5) is 7.15. The predicted octanol–water partition coefficient (Wildman–Crippen LogP) is 2.44. The van der Waals surface area contributed by atoms with Crippen LogP contribution < -0.4 is 0 Å². The first-order valence-corrected chi connectivity index (χ1v) is 9.38. The minimum atomic E-state index is 0.403. The number of methoxy groups -OCH3 is 1. The van der Waals surface area contributed by atoms with Gasteiger partial charge in [0.2, 0.25) is 0 Å². The van der Waals surface area contributed by atoms with Crippen molar-refractivity contribution in [2.45, 2.75) is 50.7 Å². The molecule has 7 heteroatoms. The fraction of sp³-hybridized carbons (Fsp3) is 0.722. The van der Waals surface area contributed by atoms with Crippen molar-refractivity contribution in [3.8, 4) is 0 Å². The highest BCUT2D eigenvalue weighted by atomic mass is 16.5. The van der Waals surface area contributed by atoms with Gasteiger partial charge >= 0.3 is 0 Å². The number of aromatic amines is 1. The zero-order chi connectivity index (χ0) is 16.8. The van der Waals surface area contributed by atoms with Crippen LogP contribution in [0.1, 0.15) is 60.6 Å². The Hall–Kier alpha value is -1.73. The van der Waals surface area contributed by atoms with Crippen molar-refractivity contribution in [3.63, 3.8) is 0 Å². The van der Waals surface area contributed by atoms with Gasteiger partial charge in [-0.15, -0.1) is 0 Å². The van der Waals surface area contributed by atoms with Gasteiger partial charge in [-0.1, -0.05) is 5.16 Å². The van der Waals surface area contributed by atoms with E-state index in [1.54, 1.807) is 7.11 Å². The second-order valence-electron chi connectivity index (χ2n) is 7.87. The lowest BCUT2D eigenvalue weighted by molar-refractivity contribution is 0.178. The first kappa shape index (κ1) is 15.5. The maximum absolute atomic E-state index is 5.57. The third-order valence-electron chi connectivity index (χ3n) is 5.78. The lowest BCUT2D eigenvalue weighted by Crippen LogP contribution is -2.20. The monoisotopic (exact) mass is 343 g/mol. The molecule has 2 aromatic rings. The van der Waals surface area contributed by atoms with Gasteiger partial charge in [0.05, 0.1) is 12.2 Å². The Balaban J connectivity index is 1.29. The van der Waals surface area contributed by atoms with Crippen LogP contribution in [-0.2, 0) is 17.9 Å². The fourth-order valence-electron chi connectivity index (χ4n) is 4.19. The Morgan fingerprint density at radius 3 is 2.92 bits per heavy atom. The summed E-state index contributed by atoms with van der Waals surface area (Å²) in [5, 5.41) is 11.7. The van der Waals surface area contributed by atoms with E-state index in [-0.39, 0.29) is 0 Å². The molecule has 0 amide bonds. The molecule has 0 radical (unpaired) electrons. The summed E-state index contributed by atoms with van der Waals surface area (Å²) >= 11 is 0. The summed E-state index contributed by atoms with van der Waals surface area (Å²) < 4.78 is 10.7. The van der Waals surface area contributed by atoms with Gasteiger partial charge in [-0.2, -0.15) is 5.10 Å². The molecular formula is C18H25N5O2. The molecule has 0 bridgehead atoms. The number of hydrogen-bond acceptors (Lipinski definition) is 6. The summed E-state index contributed by atoms with van der Waals surface area (Å²) in [5.74, 6) is 5.29. The van der Waals surface area contributed by atoms with Crippen molar-refractivity contribution >= 4 is 0 Å². The Bertz CT molecular complexity index is 733. The molecule has 0 spiro atoms. The van der Waals surface area contributed by atoms with Crippen molar-refractivity contribution < 1.29 is 9.26 Å². The van der Waals surface area contributed by atoms with Gasteiger partial charge in [0.15, 0.2) is 17.4 Å². The fourth-order valence-corrected chi connectivity index (χ4v) is 4.19. The SMILES string of the molecule is COCc1nc([C@H]2CN(Cc3cc(C4CC4)no3)C[C@@H]2C2CC2)n[nH]1. The summed E-state index contributed by atoms with van der Waals surface area (Å²) in [7, 11) is 1.68. The van der Waals surface area contributed by atoms with Crippen LogP contribution in [0.5, 0.6) is 0 Å². The summed E-state index contributed by atoms with van der Waals surface area (Å²) in [5.41, 5.74) is 1.14. The van der Waals surface area contributed by atoms with E-state index in [0.717, 1.165) is 48.7 Å². The number of likely N-dealkylation sites (tertiary alicyclic amines) is 1. The molecule has 0 unspecified atom stereocenters. The van der Waals surface area contributed by atoms with Gasteiger partial charge in [0.1, 0.15) is 6.61 Å². The normalized spacial score (nSPS) is 27.2. The van der Waals surface area contributed by atoms with Crippen molar-refractivity contribution in [1.29, 1.82) is 0 Å². The zero-order valence-electron chi connectivity index (χ0n) is 14.6. The van der Waals surface area contributed by atoms with Crippen molar-refractivity contribution in [1.82, 2.24) is 25.2 Å². The van der Waals surface area contributed by atoms with Crippen LogP contribution in [0.25, 0.3) is 0 Å². The van der Waals surface area contributed by atoms with E-state index in [2.05, 4.69) is 31.3 Å². The van der Waals surface area contributed by atoms with Crippen LogP contribution in [0.4, 0.5) is 0 Å². The first-order chi connectivity index (χ1) is 12.3. The minimum absolute atomic E-state index is 0.403. The first-order valence-electron chi connectivity index (χ1n) is 9.38. The summed E-state index contributed by atoms with van der Waals surface area (Å²) in [6.07, 6.45) is 5.21. The third kappa shape index (κ3) is 3.22. The molecule has 25 heavy (non-hydrogen) atoms. The lowest BCUT2D eigenvalue weighted by atomic mass is 9.91. The number of nitrogens with zero attached hydrogens (tertiary/aromatic N) is 4. The van der Waals surface area contributed by atoms with E-state index in [4.69, 9.17) is 9.26 Å². The highest BCUT2D eigenvalue weighted by Gasteiger charge is 2.44. The summed E-state index contributed by atoms with van der Waals surface area (Å²) in [6, 6.07) is 2.15. The predicted molar refractivity (Wildman–Crippen MR) is 89.8 cm³/mol. The highest BCUT2D eigenvalue weighted by Crippen LogP contribution is 2.47. The Kier molecular flexibility index (Phi) is 3.86. The number of hydrogen-bond donors (Lipinski definition) is 1. The average molecular weight is 343 g/mol. The Morgan fingerprint density at radius 2 is 2.16 bits per heavy atom.